The highest BCUT2D eigenvalue weighted by molar-refractivity contribution is 5.43. The van der Waals surface area contributed by atoms with Gasteiger partial charge in [-0.3, -0.25) is 4.90 Å². The number of aryl methyl sites for hydroxylation is 2. The van der Waals surface area contributed by atoms with Crippen LogP contribution in [0, 0.1) is 13.8 Å². The van der Waals surface area contributed by atoms with Gasteiger partial charge in [-0.05, 0) is 37.1 Å². The lowest BCUT2D eigenvalue weighted by Gasteiger charge is -2.29. The van der Waals surface area contributed by atoms with Gasteiger partial charge in [0.1, 0.15) is 5.75 Å². The molecular weight excluding hydrogens is 240 g/mol. The molecule has 106 valence electrons. The maximum absolute atomic E-state index is 10.5. The van der Waals surface area contributed by atoms with Gasteiger partial charge in [-0.25, -0.2) is 0 Å². The summed E-state index contributed by atoms with van der Waals surface area (Å²) in [6, 6.07) is 4.05. The number of hydrogen-bond acceptors (Lipinski definition) is 4. The molecule has 0 amide bonds. The lowest BCUT2D eigenvalue weighted by Crippen LogP contribution is -2.45. The molecule has 1 aromatic carbocycles. The molecule has 4 heteroatoms. The van der Waals surface area contributed by atoms with Gasteiger partial charge in [0.25, 0.3) is 0 Å². The van der Waals surface area contributed by atoms with E-state index in [1.165, 1.54) is 11.1 Å². The summed E-state index contributed by atoms with van der Waals surface area (Å²) in [7, 11) is 1.66. The molecule has 1 saturated heterocycles. The van der Waals surface area contributed by atoms with Crippen molar-refractivity contribution in [3.05, 3.63) is 28.8 Å². The highest BCUT2D eigenvalue weighted by Crippen LogP contribution is 2.29. The Kier molecular flexibility index (Phi) is 4.80. The average Bonchev–Trinajstić information content (AvgIpc) is 2.42. The van der Waals surface area contributed by atoms with Crippen LogP contribution in [0.5, 0.6) is 5.75 Å². The van der Waals surface area contributed by atoms with E-state index in [0.717, 1.165) is 37.5 Å². The van der Waals surface area contributed by atoms with Crippen LogP contribution in [0.1, 0.15) is 22.8 Å². The molecule has 2 N–H and O–H groups in total. The van der Waals surface area contributed by atoms with E-state index in [2.05, 4.69) is 24.1 Å². The zero-order valence-electron chi connectivity index (χ0n) is 12.1. The zero-order chi connectivity index (χ0) is 13.8. The summed E-state index contributed by atoms with van der Waals surface area (Å²) >= 11 is 0. The number of hydrogen-bond donors (Lipinski definition) is 2. The van der Waals surface area contributed by atoms with Crippen molar-refractivity contribution in [1.82, 2.24) is 10.2 Å². The predicted molar refractivity (Wildman–Crippen MR) is 76.7 cm³/mol. The summed E-state index contributed by atoms with van der Waals surface area (Å²) in [4.78, 5) is 2.29. The molecule has 1 heterocycles. The molecule has 1 aromatic rings. The van der Waals surface area contributed by atoms with Crippen LogP contribution in [0.25, 0.3) is 0 Å². The smallest absolute Gasteiger partial charge is 0.124 e. The second-order valence-corrected chi connectivity index (χ2v) is 5.24. The third kappa shape index (κ3) is 3.47. The van der Waals surface area contributed by atoms with Crippen LogP contribution in [0.4, 0.5) is 0 Å². The van der Waals surface area contributed by atoms with Gasteiger partial charge in [0, 0.05) is 38.3 Å². The third-order valence-corrected chi connectivity index (χ3v) is 3.85. The number of aliphatic hydroxyl groups is 1. The fourth-order valence-corrected chi connectivity index (χ4v) is 2.49. The minimum Gasteiger partial charge on any atom is -0.496 e. The Hall–Kier alpha value is -1.10. The summed E-state index contributed by atoms with van der Waals surface area (Å²) in [6.45, 7) is 8.77. The maximum atomic E-state index is 10.5. The molecule has 1 fully saturated rings. The monoisotopic (exact) mass is 264 g/mol. The van der Waals surface area contributed by atoms with Gasteiger partial charge in [-0.15, -0.1) is 0 Å². The highest BCUT2D eigenvalue weighted by Gasteiger charge is 2.19. The van der Waals surface area contributed by atoms with Gasteiger partial charge in [0.2, 0.25) is 0 Å². The fourth-order valence-electron chi connectivity index (χ4n) is 2.49. The van der Waals surface area contributed by atoms with E-state index in [-0.39, 0.29) is 0 Å². The van der Waals surface area contributed by atoms with Crippen molar-refractivity contribution in [3.8, 4) is 5.75 Å². The molecule has 0 aromatic heterocycles. The van der Waals surface area contributed by atoms with Crippen molar-refractivity contribution < 1.29 is 9.84 Å². The van der Waals surface area contributed by atoms with E-state index in [1.54, 1.807) is 7.11 Å². The number of nitrogens with zero attached hydrogens (tertiary/aromatic N) is 1. The number of piperazine rings is 1. The van der Waals surface area contributed by atoms with Gasteiger partial charge in [0.15, 0.2) is 0 Å². The Labute approximate surface area is 115 Å². The van der Waals surface area contributed by atoms with Crippen molar-refractivity contribution in [2.45, 2.75) is 20.0 Å². The van der Waals surface area contributed by atoms with Crippen molar-refractivity contribution in [2.75, 3.05) is 39.8 Å². The first-order valence-corrected chi connectivity index (χ1v) is 6.88. The number of methoxy groups -OCH3 is 1. The number of nitrogens with one attached hydrogen (secondary N) is 1. The van der Waals surface area contributed by atoms with Crippen LogP contribution >= 0.6 is 0 Å². The maximum Gasteiger partial charge on any atom is 0.124 e. The molecule has 1 atom stereocenters. The predicted octanol–water partition coefficient (Wildman–Crippen LogP) is 1.25. The second kappa shape index (κ2) is 6.37. The van der Waals surface area contributed by atoms with Crippen LogP contribution < -0.4 is 10.1 Å². The van der Waals surface area contributed by atoms with Crippen LogP contribution in [-0.2, 0) is 0 Å². The molecule has 0 bridgehead atoms. The van der Waals surface area contributed by atoms with E-state index < -0.39 is 6.10 Å². The average molecular weight is 264 g/mol. The molecular formula is C15H24N2O2. The first kappa shape index (κ1) is 14.3. The Morgan fingerprint density at radius 1 is 1.26 bits per heavy atom. The van der Waals surface area contributed by atoms with Gasteiger partial charge in [-0.2, -0.15) is 0 Å². The second-order valence-electron chi connectivity index (χ2n) is 5.24. The Morgan fingerprint density at radius 3 is 2.53 bits per heavy atom. The third-order valence-electron chi connectivity index (χ3n) is 3.85. The quantitative estimate of drug-likeness (QED) is 0.859. The molecule has 0 radical (unpaired) electrons. The minimum atomic E-state index is -0.493. The van der Waals surface area contributed by atoms with E-state index in [0.29, 0.717) is 6.54 Å². The first-order chi connectivity index (χ1) is 9.11. The van der Waals surface area contributed by atoms with Crippen LogP contribution in [0.2, 0.25) is 0 Å². The zero-order valence-corrected chi connectivity index (χ0v) is 12.1. The van der Waals surface area contributed by atoms with Gasteiger partial charge >= 0.3 is 0 Å². The molecule has 0 aliphatic carbocycles. The Balaban J connectivity index is 2.13. The number of rotatable bonds is 4. The summed E-state index contributed by atoms with van der Waals surface area (Å²) < 4.78 is 5.40. The summed E-state index contributed by atoms with van der Waals surface area (Å²) in [5, 5.41) is 13.8. The van der Waals surface area contributed by atoms with Crippen LogP contribution in [-0.4, -0.2) is 49.8 Å². The molecule has 0 saturated carbocycles. The van der Waals surface area contributed by atoms with Crippen molar-refractivity contribution in [1.29, 1.82) is 0 Å². The normalized spacial score (nSPS) is 18.3. The molecule has 1 aliphatic heterocycles. The standard InChI is InChI=1S/C15H24N2O2/c1-11-8-13(15(19-3)9-12(11)2)14(18)10-17-6-4-16-5-7-17/h8-9,14,16,18H,4-7,10H2,1-3H3. The lowest BCUT2D eigenvalue weighted by atomic mass is 10.0. The molecule has 2 rings (SSSR count). The molecule has 1 aliphatic rings. The van der Waals surface area contributed by atoms with Crippen molar-refractivity contribution in [2.24, 2.45) is 0 Å². The van der Waals surface area contributed by atoms with Crippen molar-refractivity contribution in [3.63, 3.8) is 0 Å². The van der Waals surface area contributed by atoms with E-state index in [9.17, 15) is 5.11 Å². The summed E-state index contributed by atoms with van der Waals surface area (Å²) in [5.74, 6) is 0.783. The van der Waals surface area contributed by atoms with Gasteiger partial charge in [-0.1, -0.05) is 0 Å². The highest BCUT2D eigenvalue weighted by atomic mass is 16.5. The summed E-state index contributed by atoms with van der Waals surface area (Å²) in [5.41, 5.74) is 3.27. The van der Waals surface area contributed by atoms with E-state index >= 15 is 0 Å². The van der Waals surface area contributed by atoms with Gasteiger partial charge < -0.3 is 15.2 Å². The largest absolute Gasteiger partial charge is 0.496 e. The van der Waals surface area contributed by atoms with Crippen LogP contribution in [0.15, 0.2) is 12.1 Å². The first-order valence-electron chi connectivity index (χ1n) is 6.88. The number of benzene rings is 1. The number of β-amino-alcohol motifs (C(OH)–C–C–N with tert-alkyl or cyclic N) is 1. The fraction of sp³-hybridized carbons (Fsp3) is 0.600. The Bertz CT molecular complexity index is 428. The van der Waals surface area contributed by atoms with Crippen molar-refractivity contribution >= 4 is 0 Å². The number of ether oxygens (including phenoxy) is 1. The molecule has 1 unspecified atom stereocenters. The Morgan fingerprint density at radius 2 is 1.89 bits per heavy atom. The molecule has 19 heavy (non-hydrogen) atoms. The minimum absolute atomic E-state index is 0.493. The molecule has 4 nitrogen and oxygen atoms in total. The summed E-state index contributed by atoms with van der Waals surface area (Å²) in [6.07, 6.45) is -0.493. The lowest BCUT2D eigenvalue weighted by molar-refractivity contribution is 0.103. The molecule has 0 spiro atoms. The topological polar surface area (TPSA) is 44.7 Å². The SMILES string of the molecule is COc1cc(C)c(C)cc1C(O)CN1CCNCC1. The van der Waals surface area contributed by atoms with E-state index in [1.807, 2.05) is 12.1 Å². The van der Waals surface area contributed by atoms with Crippen LogP contribution in [0.3, 0.4) is 0 Å². The van der Waals surface area contributed by atoms with E-state index in [4.69, 9.17) is 4.74 Å². The van der Waals surface area contributed by atoms with Gasteiger partial charge in [0.05, 0.1) is 13.2 Å². The number of aliphatic hydroxyl groups excluding tert-OH is 1.